The molecule has 2 rings (SSSR count). The van der Waals surface area contributed by atoms with Crippen LogP contribution in [-0.2, 0) is 16.1 Å². The second-order valence-corrected chi connectivity index (χ2v) is 8.51. The lowest BCUT2D eigenvalue weighted by molar-refractivity contribution is -0.130. The van der Waals surface area contributed by atoms with E-state index >= 15 is 0 Å². The molecule has 0 aliphatic carbocycles. The number of hydrogen-bond acceptors (Lipinski definition) is 4. The van der Waals surface area contributed by atoms with E-state index in [0.29, 0.717) is 6.54 Å². The zero-order valence-electron chi connectivity index (χ0n) is 19.2. The SMILES string of the molecule is CCC(C)(C)C(=O)NC(C)C(/C=C/C(=O)N(C)Cc1oc2ccccc2c1C)NC. The van der Waals surface area contributed by atoms with Gasteiger partial charge < -0.3 is 20.0 Å². The summed E-state index contributed by atoms with van der Waals surface area (Å²) in [6.45, 7) is 10.2. The second-order valence-electron chi connectivity index (χ2n) is 8.51. The predicted octanol–water partition coefficient (Wildman–Crippen LogP) is 3.78. The molecule has 2 atom stereocenters. The summed E-state index contributed by atoms with van der Waals surface area (Å²) < 4.78 is 5.91. The van der Waals surface area contributed by atoms with Crippen LogP contribution >= 0.6 is 0 Å². The minimum Gasteiger partial charge on any atom is -0.459 e. The topological polar surface area (TPSA) is 74.6 Å². The summed E-state index contributed by atoms with van der Waals surface area (Å²) in [6.07, 6.45) is 4.11. The van der Waals surface area contributed by atoms with Gasteiger partial charge in [0.15, 0.2) is 0 Å². The predicted molar refractivity (Wildman–Crippen MR) is 121 cm³/mol. The van der Waals surface area contributed by atoms with E-state index in [1.165, 1.54) is 0 Å². The highest BCUT2D eigenvalue weighted by Gasteiger charge is 2.27. The number of fused-ring (bicyclic) bond motifs is 1. The third-order valence-electron chi connectivity index (χ3n) is 5.87. The van der Waals surface area contributed by atoms with Gasteiger partial charge in [-0.2, -0.15) is 0 Å². The highest BCUT2D eigenvalue weighted by molar-refractivity contribution is 5.88. The molecule has 2 N–H and O–H groups in total. The summed E-state index contributed by atoms with van der Waals surface area (Å²) in [7, 11) is 3.57. The number of likely N-dealkylation sites (N-methyl/N-ethyl adjacent to an activating group) is 2. The number of nitrogens with one attached hydrogen (secondary N) is 2. The van der Waals surface area contributed by atoms with Crippen LogP contribution in [0.25, 0.3) is 11.0 Å². The molecule has 6 nitrogen and oxygen atoms in total. The zero-order valence-corrected chi connectivity index (χ0v) is 19.2. The fraction of sp³-hybridized carbons (Fsp3) is 0.500. The van der Waals surface area contributed by atoms with Crippen LogP contribution in [0.2, 0.25) is 0 Å². The molecule has 164 valence electrons. The molecular formula is C24H35N3O3. The third-order valence-corrected chi connectivity index (χ3v) is 5.87. The molecular weight excluding hydrogens is 378 g/mol. The molecule has 0 radical (unpaired) electrons. The maximum Gasteiger partial charge on any atom is 0.246 e. The fourth-order valence-corrected chi connectivity index (χ4v) is 3.15. The lowest BCUT2D eigenvalue weighted by atomic mass is 9.88. The van der Waals surface area contributed by atoms with E-state index in [1.807, 2.05) is 65.9 Å². The summed E-state index contributed by atoms with van der Waals surface area (Å²) in [5.41, 5.74) is 1.46. The molecule has 2 unspecified atom stereocenters. The van der Waals surface area contributed by atoms with E-state index in [1.54, 1.807) is 24.1 Å². The van der Waals surface area contributed by atoms with Gasteiger partial charge in [-0.3, -0.25) is 9.59 Å². The maximum absolute atomic E-state index is 12.6. The highest BCUT2D eigenvalue weighted by atomic mass is 16.3. The smallest absolute Gasteiger partial charge is 0.246 e. The Hall–Kier alpha value is -2.60. The Kier molecular flexibility index (Phi) is 7.84. The molecule has 1 aromatic heterocycles. The molecule has 2 amide bonds. The van der Waals surface area contributed by atoms with Gasteiger partial charge in [-0.1, -0.05) is 45.0 Å². The van der Waals surface area contributed by atoms with Crippen molar-refractivity contribution in [1.82, 2.24) is 15.5 Å². The number of hydrogen-bond donors (Lipinski definition) is 2. The number of carbonyl (C=O) groups excluding carboxylic acids is 2. The van der Waals surface area contributed by atoms with Crippen molar-refractivity contribution in [3.63, 3.8) is 0 Å². The van der Waals surface area contributed by atoms with Crippen molar-refractivity contribution in [3.05, 3.63) is 47.7 Å². The van der Waals surface area contributed by atoms with Gasteiger partial charge in [-0.25, -0.2) is 0 Å². The average Bonchev–Trinajstić information content (AvgIpc) is 3.03. The van der Waals surface area contributed by atoms with Crippen molar-refractivity contribution in [2.75, 3.05) is 14.1 Å². The summed E-state index contributed by atoms with van der Waals surface area (Å²) in [5.74, 6) is 0.672. The molecule has 1 aromatic carbocycles. The van der Waals surface area contributed by atoms with E-state index in [9.17, 15) is 9.59 Å². The molecule has 0 bridgehead atoms. The molecule has 1 heterocycles. The van der Waals surface area contributed by atoms with Gasteiger partial charge in [0, 0.05) is 41.6 Å². The maximum atomic E-state index is 12.6. The van der Waals surface area contributed by atoms with Crippen LogP contribution in [0.4, 0.5) is 0 Å². The van der Waals surface area contributed by atoms with Crippen LogP contribution in [0.1, 0.15) is 45.4 Å². The largest absolute Gasteiger partial charge is 0.459 e. The highest BCUT2D eigenvalue weighted by Crippen LogP contribution is 2.25. The quantitative estimate of drug-likeness (QED) is 0.614. The van der Waals surface area contributed by atoms with E-state index in [2.05, 4.69) is 10.6 Å². The Labute approximate surface area is 179 Å². The Morgan fingerprint density at radius 3 is 2.53 bits per heavy atom. The Bertz CT molecular complexity index is 914. The number of para-hydroxylation sites is 1. The first kappa shape index (κ1) is 23.7. The van der Waals surface area contributed by atoms with Crippen molar-refractivity contribution in [2.45, 2.75) is 59.7 Å². The first-order valence-electron chi connectivity index (χ1n) is 10.5. The molecule has 0 aliphatic rings. The molecule has 0 spiro atoms. The zero-order chi connectivity index (χ0) is 22.5. The molecule has 2 aromatic rings. The van der Waals surface area contributed by atoms with Gasteiger partial charge in [0.25, 0.3) is 0 Å². The molecule has 30 heavy (non-hydrogen) atoms. The van der Waals surface area contributed by atoms with Crippen LogP contribution < -0.4 is 10.6 Å². The monoisotopic (exact) mass is 413 g/mol. The summed E-state index contributed by atoms with van der Waals surface area (Å²) in [6, 6.07) is 7.55. The third kappa shape index (κ3) is 5.51. The summed E-state index contributed by atoms with van der Waals surface area (Å²) in [5, 5.41) is 7.27. The normalized spacial score (nSPS) is 14.1. The average molecular weight is 414 g/mol. The van der Waals surface area contributed by atoms with Gasteiger partial charge in [-0.15, -0.1) is 0 Å². The van der Waals surface area contributed by atoms with Crippen LogP contribution in [0.5, 0.6) is 0 Å². The number of nitrogens with zero attached hydrogens (tertiary/aromatic N) is 1. The van der Waals surface area contributed by atoms with Gasteiger partial charge >= 0.3 is 0 Å². The van der Waals surface area contributed by atoms with Crippen LogP contribution in [-0.4, -0.2) is 42.9 Å². The second kappa shape index (κ2) is 9.94. The number of carbonyl (C=O) groups is 2. The standard InChI is InChI=1S/C24H35N3O3/c1-8-24(4,5)23(29)26-17(3)19(25-6)13-14-22(28)27(7)15-21-16(2)18-11-9-10-12-20(18)30-21/h9-14,17,19,25H,8,15H2,1-7H3,(H,26,29)/b14-13+. The molecule has 0 saturated carbocycles. The molecule has 0 aliphatic heterocycles. The number of aryl methyl sites for hydroxylation is 1. The van der Waals surface area contributed by atoms with Gasteiger partial charge in [0.05, 0.1) is 6.54 Å². The Balaban J connectivity index is 2.01. The first-order chi connectivity index (χ1) is 14.1. The van der Waals surface area contributed by atoms with Crippen LogP contribution in [0, 0.1) is 12.3 Å². The van der Waals surface area contributed by atoms with Crippen molar-refractivity contribution in [3.8, 4) is 0 Å². The number of rotatable bonds is 9. The molecule has 6 heteroatoms. The lowest BCUT2D eigenvalue weighted by Gasteiger charge is -2.28. The summed E-state index contributed by atoms with van der Waals surface area (Å²) >= 11 is 0. The Morgan fingerprint density at radius 1 is 1.27 bits per heavy atom. The van der Waals surface area contributed by atoms with E-state index in [4.69, 9.17) is 4.42 Å². The van der Waals surface area contributed by atoms with Crippen molar-refractivity contribution in [2.24, 2.45) is 5.41 Å². The number of furan rings is 1. The number of benzene rings is 1. The van der Waals surface area contributed by atoms with E-state index < -0.39 is 5.41 Å². The minimum atomic E-state index is -0.420. The molecule has 0 saturated heterocycles. The molecule has 0 fully saturated rings. The van der Waals surface area contributed by atoms with Crippen LogP contribution in [0.3, 0.4) is 0 Å². The van der Waals surface area contributed by atoms with E-state index in [-0.39, 0.29) is 23.9 Å². The van der Waals surface area contributed by atoms with Crippen molar-refractivity contribution < 1.29 is 14.0 Å². The Morgan fingerprint density at radius 2 is 1.93 bits per heavy atom. The van der Waals surface area contributed by atoms with E-state index in [0.717, 1.165) is 28.7 Å². The summed E-state index contributed by atoms with van der Waals surface area (Å²) in [4.78, 5) is 26.7. The lowest BCUT2D eigenvalue weighted by Crippen LogP contribution is -2.49. The van der Waals surface area contributed by atoms with Gasteiger partial charge in [0.1, 0.15) is 11.3 Å². The van der Waals surface area contributed by atoms with Crippen molar-refractivity contribution in [1.29, 1.82) is 0 Å². The van der Waals surface area contributed by atoms with Gasteiger partial charge in [-0.05, 0) is 33.4 Å². The fourth-order valence-electron chi connectivity index (χ4n) is 3.15. The minimum absolute atomic E-state index is 0.00922. The van der Waals surface area contributed by atoms with Gasteiger partial charge in [0.2, 0.25) is 11.8 Å². The van der Waals surface area contributed by atoms with Crippen molar-refractivity contribution >= 4 is 22.8 Å². The van der Waals surface area contributed by atoms with Crippen LogP contribution in [0.15, 0.2) is 40.8 Å². The number of amides is 2. The first-order valence-corrected chi connectivity index (χ1v) is 10.5.